The summed E-state index contributed by atoms with van der Waals surface area (Å²) in [6, 6.07) is 10.0. The molecule has 3 aromatic rings. The predicted octanol–water partition coefficient (Wildman–Crippen LogP) is 0.968. The molecule has 2 aromatic heterocycles. The van der Waals surface area contributed by atoms with Gasteiger partial charge in [0.15, 0.2) is 34.3 Å². The van der Waals surface area contributed by atoms with Crippen LogP contribution in [-0.4, -0.2) is 88.1 Å². The number of hydrogen-bond donors (Lipinski definition) is 5. The number of nitrogen functional groups attached to an aromatic ring is 1. The maximum atomic E-state index is 13.4. The molecule has 1 amide bonds. The number of carbonyl (C=O) groups excluding carboxylic acids is 3. The van der Waals surface area contributed by atoms with E-state index in [0.29, 0.717) is 23.8 Å². The van der Waals surface area contributed by atoms with Crippen molar-refractivity contribution in [1.82, 2.24) is 10.0 Å². The number of rotatable bonds is 20. The van der Waals surface area contributed by atoms with Gasteiger partial charge >= 0.3 is 16.4 Å². The third-order valence-electron chi connectivity index (χ3n) is 8.58. The lowest BCUT2D eigenvalue weighted by Crippen LogP contribution is -2.68. The highest BCUT2D eigenvalue weighted by molar-refractivity contribution is 7.80. The Morgan fingerprint density at radius 2 is 1.81 bits per heavy atom. The number of hydroxylamine groups is 2. The number of unbranched alkanes of at least 4 members (excludes halogenated alkanes) is 1. The lowest BCUT2D eigenvalue weighted by molar-refractivity contribution is -0.678. The summed E-state index contributed by atoms with van der Waals surface area (Å²) in [6.07, 6.45) is 2.08. The minimum Gasteiger partial charge on any atom is -0.489 e. The maximum absolute atomic E-state index is 13.4. The number of anilines is 1. The van der Waals surface area contributed by atoms with Crippen LogP contribution in [0.4, 0.5) is 5.13 Å². The Labute approximate surface area is 309 Å². The lowest BCUT2D eigenvalue weighted by atomic mass is 9.74. The number of aromatic nitrogens is 2. The number of nitrogens with two attached hydrogens (primary N) is 3. The topological polar surface area (TPSA) is 281 Å². The first kappa shape index (κ1) is 40.9. The van der Waals surface area contributed by atoms with Crippen molar-refractivity contribution in [2.24, 2.45) is 29.6 Å². The summed E-state index contributed by atoms with van der Waals surface area (Å²) in [5.41, 5.74) is 18.0. The van der Waals surface area contributed by atoms with Gasteiger partial charge in [0.25, 0.3) is 12.0 Å². The molecule has 0 spiro atoms. The first-order valence-electron chi connectivity index (χ1n) is 16.3. The molecular weight excluding hydrogens is 735 g/mol. The summed E-state index contributed by atoms with van der Waals surface area (Å²) in [7, 11) is -3.17. The fourth-order valence-electron chi connectivity index (χ4n) is 5.44. The van der Waals surface area contributed by atoms with Crippen molar-refractivity contribution < 1.29 is 55.7 Å². The first-order chi connectivity index (χ1) is 24.9. The highest BCUT2D eigenvalue weighted by Gasteiger charge is 2.57. The molecule has 3 heterocycles. The molecular formula is C33H42N7O11S2+. The molecule has 0 aliphatic carbocycles. The fraction of sp³-hybridized carbons (Fsp3) is 0.424. The highest BCUT2D eigenvalue weighted by Crippen LogP contribution is 2.40. The SMILES string of the molecule is C[n+]1cc(-c2ccc(OC[C@H](O/N=C(\C(=O)C[C@@H]3C(=O)N(OS(=O)(=O)O)C3(C)C)c3csc(N)n3)C(=O)O)cc2)ccc1CC(=O)[C@H](N)CCCCN. The number of β-lactam (4-membered cyclic amide) rings is 1. The number of benzene rings is 1. The van der Waals surface area contributed by atoms with E-state index in [1.807, 2.05) is 29.9 Å². The van der Waals surface area contributed by atoms with Crippen molar-refractivity contribution in [3.63, 3.8) is 0 Å². The number of ether oxygens (including phenoxy) is 1. The Bertz CT molecular complexity index is 1970. The van der Waals surface area contributed by atoms with Crippen molar-refractivity contribution in [1.29, 1.82) is 0 Å². The summed E-state index contributed by atoms with van der Waals surface area (Å²) >= 11 is 0.975. The van der Waals surface area contributed by atoms with Gasteiger partial charge in [0, 0.05) is 23.4 Å². The summed E-state index contributed by atoms with van der Waals surface area (Å²) in [6.45, 7) is 2.88. The zero-order valence-corrected chi connectivity index (χ0v) is 30.8. The molecule has 1 saturated heterocycles. The largest absolute Gasteiger partial charge is 0.489 e. The van der Waals surface area contributed by atoms with Crippen LogP contribution in [0.3, 0.4) is 0 Å². The molecule has 286 valence electrons. The van der Waals surface area contributed by atoms with Gasteiger partial charge in [-0.05, 0) is 57.0 Å². The molecule has 1 aliphatic rings. The van der Waals surface area contributed by atoms with Gasteiger partial charge < -0.3 is 31.9 Å². The van der Waals surface area contributed by atoms with Gasteiger partial charge in [0.1, 0.15) is 25.1 Å². The molecule has 4 rings (SSSR count). The number of carbonyl (C=O) groups is 4. The van der Waals surface area contributed by atoms with E-state index < -0.39 is 70.4 Å². The number of carboxylic acid groups (broad SMARTS) is 1. The zero-order valence-electron chi connectivity index (χ0n) is 29.2. The van der Waals surface area contributed by atoms with Crippen LogP contribution in [0.25, 0.3) is 11.1 Å². The Morgan fingerprint density at radius 1 is 1.13 bits per heavy atom. The number of aliphatic carboxylic acids is 1. The van der Waals surface area contributed by atoms with Crippen LogP contribution in [0, 0.1) is 5.92 Å². The maximum Gasteiger partial charge on any atom is 0.418 e. The van der Waals surface area contributed by atoms with E-state index in [1.54, 1.807) is 24.3 Å². The fourth-order valence-corrected chi connectivity index (χ4v) is 6.44. The standard InChI is InChI=1S/C33H41N7O11S2/c1-33(2)23(30(43)40(33)51-53(46,47)48)15-27(42)29(25-18-52-32(36)37-25)38-50-28(31(44)45)17-49-22-11-8-19(9-12-22)20-7-10-21(39(3)16-20)14-26(41)24(35)6-4-5-13-34/h7-12,16,18,23-24,28H,4-6,13-15,17,34-35H2,1-3H3,(H3-,36,37,44,45,46,47,48)/p+1/b38-29-/t23-,24-,28+/m1/s1. The average molecular weight is 777 g/mol. The van der Waals surface area contributed by atoms with Crippen LogP contribution in [-0.2, 0) is 52.2 Å². The molecule has 0 radical (unpaired) electrons. The normalized spacial score (nSPS) is 16.8. The van der Waals surface area contributed by atoms with Crippen molar-refractivity contribution >= 4 is 56.0 Å². The van der Waals surface area contributed by atoms with Crippen molar-refractivity contribution in [3.8, 4) is 16.9 Å². The number of nitrogens with zero attached hydrogens (tertiary/aromatic N) is 4. The van der Waals surface area contributed by atoms with Gasteiger partial charge in [-0.1, -0.05) is 23.7 Å². The van der Waals surface area contributed by atoms with Crippen LogP contribution in [0.5, 0.6) is 5.75 Å². The Kier molecular flexibility index (Phi) is 13.4. The van der Waals surface area contributed by atoms with Gasteiger partial charge in [0.2, 0.25) is 0 Å². The van der Waals surface area contributed by atoms with Gasteiger partial charge in [0.05, 0.1) is 23.9 Å². The van der Waals surface area contributed by atoms with Crippen molar-refractivity contribution in [2.45, 2.75) is 63.6 Å². The van der Waals surface area contributed by atoms with Crippen molar-refractivity contribution in [2.75, 3.05) is 18.9 Å². The number of thiazole rings is 1. The monoisotopic (exact) mass is 776 g/mol. The number of ketones is 2. The second kappa shape index (κ2) is 17.3. The third-order valence-corrected chi connectivity index (χ3v) is 9.59. The minimum absolute atomic E-state index is 0.0382. The number of oxime groups is 1. The summed E-state index contributed by atoms with van der Waals surface area (Å²) in [4.78, 5) is 59.9. The molecule has 20 heteroatoms. The number of Topliss-reactive ketones (excluding diaryl/α,β-unsaturated/α-hetero) is 2. The number of pyridine rings is 1. The summed E-state index contributed by atoms with van der Waals surface area (Å²) in [5, 5.41) is 15.5. The van der Waals surface area contributed by atoms with Crippen molar-refractivity contribution in [3.05, 3.63) is 59.4 Å². The molecule has 1 fully saturated rings. The molecule has 1 aromatic carbocycles. The van der Waals surface area contributed by atoms with E-state index in [9.17, 15) is 32.7 Å². The zero-order chi connectivity index (χ0) is 39.1. The lowest BCUT2D eigenvalue weighted by Gasteiger charge is -2.50. The molecule has 1 aliphatic heterocycles. The third kappa shape index (κ3) is 10.6. The van der Waals surface area contributed by atoms with E-state index in [0.717, 1.165) is 41.0 Å². The number of hydrogen-bond acceptors (Lipinski definition) is 15. The average Bonchev–Trinajstić information content (AvgIpc) is 3.53. The molecule has 53 heavy (non-hydrogen) atoms. The van der Waals surface area contributed by atoms with Crippen LogP contribution in [0.2, 0.25) is 0 Å². The van der Waals surface area contributed by atoms with Gasteiger partial charge in [-0.25, -0.2) is 14.3 Å². The van der Waals surface area contributed by atoms with Gasteiger partial charge in [-0.15, -0.1) is 15.6 Å². The highest BCUT2D eigenvalue weighted by atomic mass is 32.3. The smallest absolute Gasteiger partial charge is 0.418 e. The second-order valence-corrected chi connectivity index (χ2v) is 14.7. The van der Waals surface area contributed by atoms with Crippen LogP contribution >= 0.6 is 11.3 Å². The van der Waals surface area contributed by atoms with E-state index in [-0.39, 0.29) is 23.0 Å². The van der Waals surface area contributed by atoms with E-state index in [1.165, 1.54) is 19.2 Å². The second-order valence-electron chi connectivity index (χ2n) is 12.8. The summed E-state index contributed by atoms with van der Waals surface area (Å²) < 4.78 is 43.1. The number of aryl methyl sites for hydroxylation is 1. The minimum atomic E-state index is -5.00. The number of amides is 1. The van der Waals surface area contributed by atoms with Crippen LogP contribution < -0.4 is 26.5 Å². The molecule has 0 saturated carbocycles. The van der Waals surface area contributed by atoms with Gasteiger partial charge in [-0.2, -0.15) is 13.5 Å². The van der Waals surface area contributed by atoms with E-state index in [2.05, 4.69) is 14.4 Å². The molecule has 0 bridgehead atoms. The molecule has 18 nitrogen and oxygen atoms in total. The van der Waals surface area contributed by atoms with Crippen LogP contribution in [0.1, 0.15) is 50.9 Å². The number of carboxylic acids is 1. The predicted molar refractivity (Wildman–Crippen MR) is 190 cm³/mol. The summed E-state index contributed by atoms with van der Waals surface area (Å²) in [5.74, 6) is -3.96. The Hall–Kier alpha value is -4.86. The molecule has 3 atom stereocenters. The first-order valence-corrected chi connectivity index (χ1v) is 18.6. The van der Waals surface area contributed by atoms with Crippen LogP contribution in [0.15, 0.2) is 53.1 Å². The molecule has 8 N–H and O–H groups in total. The van der Waals surface area contributed by atoms with Gasteiger partial charge in [-0.3, -0.25) is 18.9 Å². The quantitative estimate of drug-likeness (QED) is 0.0267. The van der Waals surface area contributed by atoms with E-state index in [4.69, 9.17) is 31.3 Å². The molecule has 0 unspecified atom stereocenters. The van der Waals surface area contributed by atoms with E-state index >= 15 is 0 Å². The Morgan fingerprint density at radius 3 is 2.38 bits per heavy atom. The Balaban J connectivity index is 1.40.